The van der Waals surface area contributed by atoms with Crippen molar-refractivity contribution in [3.8, 4) is 0 Å². The first-order chi connectivity index (χ1) is 12.7. The molecule has 132 valence electrons. The Hall–Kier alpha value is -2.47. The molecular formula is C20H20N4OS. The molecule has 0 saturated heterocycles. The predicted octanol–water partition coefficient (Wildman–Crippen LogP) is 3.57. The second-order valence-electron chi connectivity index (χ2n) is 6.57. The van der Waals surface area contributed by atoms with E-state index in [9.17, 15) is 4.79 Å². The molecule has 4 rings (SSSR count). The van der Waals surface area contributed by atoms with Crippen molar-refractivity contribution in [2.75, 3.05) is 0 Å². The van der Waals surface area contributed by atoms with Crippen LogP contribution in [0.2, 0.25) is 0 Å². The van der Waals surface area contributed by atoms with Crippen molar-refractivity contribution in [2.45, 2.75) is 43.1 Å². The first-order valence-corrected chi connectivity index (χ1v) is 9.71. The number of nitrogens with zero attached hydrogens (tertiary/aromatic N) is 4. The molecule has 2 aromatic carbocycles. The minimum absolute atomic E-state index is 0.124. The van der Waals surface area contributed by atoms with Crippen molar-refractivity contribution in [3.63, 3.8) is 0 Å². The smallest absolute Gasteiger partial charge is 0.210 e. The van der Waals surface area contributed by atoms with Gasteiger partial charge in [0.25, 0.3) is 0 Å². The molecule has 1 heterocycles. The summed E-state index contributed by atoms with van der Waals surface area (Å²) in [6.07, 6.45) is 3.39. The number of rotatable bonds is 6. The van der Waals surface area contributed by atoms with Crippen molar-refractivity contribution in [3.05, 3.63) is 70.8 Å². The second-order valence-corrected chi connectivity index (χ2v) is 7.87. The zero-order chi connectivity index (χ0) is 17.9. The van der Waals surface area contributed by atoms with E-state index in [0.717, 1.165) is 24.0 Å². The van der Waals surface area contributed by atoms with Gasteiger partial charge < -0.3 is 0 Å². The van der Waals surface area contributed by atoms with Gasteiger partial charge in [-0.05, 0) is 59.4 Å². The van der Waals surface area contributed by atoms with Crippen LogP contribution < -0.4 is 0 Å². The van der Waals surface area contributed by atoms with Crippen LogP contribution in [0.15, 0.2) is 53.7 Å². The number of ketones is 1. The van der Waals surface area contributed by atoms with E-state index >= 15 is 0 Å². The molecule has 0 N–H and O–H groups in total. The number of carbonyl (C=O) groups is 1. The molecule has 1 aliphatic carbocycles. The minimum atomic E-state index is -0.241. The number of hydrogen-bond acceptors (Lipinski definition) is 5. The molecule has 5 nitrogen and oxygen atoms in total. The maximum atomic E-state index is 12.8. The molecule has 0 aliphatic heterocycles. The molecule has 1 atom stereocenters. The monoisotopic (exact) mass is 364 g/mol. The summed E-state index contributed by atoms with van der Waals surface area (Å²) in [7, 11) is 0. The van der Waals surface area contributed by atoms with Crippen LogP contribution in [-0.2, 0) is 19.4 Å². The second kappa shape index (κ2) is 7.41. The summed E-state index contributed by atoms with van der Waals surface area (Å²) >= 11 is 1.41. The SMILES string of the molecule is C[C@@H](Sc1nnnn1Cc1ccccc1)C(=O)c1ccc2c(c1)CCC2. The van der Waals surface area contributed by atoms with Gasteiger partial charge in [0.05, 0.1) is 11.8 Å². The van der Waals surface area contributed by atoms with E-state index < -0.39 is 0 Å². The lowest BCUT2D eigenvalue weighted by molar-refractivity contribution is 0.0993. The average molecular weight is 364 g/mol. The van der Waals surface area contributed by atoms with Crippen LogP contribution in [0.25, 0.3) is 0 Å². The number of benzene rings is 2. The number of thioether (sulfide) groups is 1. The van der Waals surface area contributed by atoms with Gasteiger partial charge in [0, 0.05) is 5.56 Å². The van der Waals surface area contributed by atoms with Crippen LogP contribution in [0.4, 0.5) is 0 Å². The zero-order valence-electron chi connectivity index (χ0n) is 14.6. The molecule has 1 aliphatic rings. The summed E-state index contributed by atoms with van der Waals surface area (Å²) in [4.78, 5) is 12.8. The van der Waals surface area contributed by atoms with Crippen LogP contribution in [0.3, 0.4) is 0 Å². The Morgan fingerprint density at radius 2 is 1.96 bits per heavy atom. The van der Waals surface area contributed by atoms with Gasteiger partial charge in [0.2, 0.25) is 5.16 Å². The summed E-state index contributed by atoms with van der Waals surface area (Å²) < 4.78 is 1.74. The highest BCUT2D eigenvalue weighted by Gasteiger charge is 2.21. The molecule has 3 aromatic rings. The number of Topliss-reactive ketones (excluding diaryl/α,β-unsaturated/α-hetero) is 1. The topological polar surface area (TPSA) is 60.7 Å². The summed E-state index contributed by atoms with van der Waals surface area (Å²) in [5, 5.41) is 12.4. The standard InChI is InChI=1S/C20H20N4OS/c1-14(19(25)18-11-10-16-8-5-9-17(16)12-18)26-20-21-22-23-24(20)13-15-6-3-2-4-7-15/h2-4,6-7,10-12,14H,5,8-9,13H2,1H3/t14-/m1/s1. The van der Waals surface area contributed by atoms with Crippen LogP contribution in [-0.4, -0.2) is 31.2 Å². The number of aromatic nitrogens is 4. The fraction of sp³-hybridized carbons (Fsp3) is 0.300. The zero-order valence-corrected chi connectivity index (χ0v) is 15.4. The van der Waals surface area contributed by atoms with Gasteiger partial charge in [-0.3, -0.25) is 4.79 Å². The molecule has 0 unspecified atom stereocenters. The summed E-state index contributed by atoms with van der Waals surface area (Å²) in [6, 6.07) is 16.2. The van der Waals surface area contributed by atoms with E-state index in [-0.39, 0.29) is 11.0 Å². The lowest BCUT2D eigenvalue weighted by Crippen LogP contribution is -2.15. The van der Waals surface area contributed by atoms with E-state index in [0.29, 0.717) is 11.7 Å². The summed E-state index contributed by atoms with van der Waals surface area (Å²) in [5.41, 5.74) is 4.61. The van der Waals surface area contributed by atoms with Crippen molar-refractivity contribution in [2.24, 2.45) is 0 Å². The molecule has 0 fully saturated rings. The largest absolute Gasteiger partial charge is 0.293 e. The maximum Gasteiger partial charge on any atom is 0.210 e. The third-order valence-electron chi connectivity index (χ3n) is 4.71. The van der Waals surface area contributed by atoms with Crippen LogP contribution in [0, 0.1) is 0 Å². The predicted molar refractivity (Wildman–Crippen MR) is 101 cm³/mol. The number of fused-ring (bicyclic) bond motifs is 1. The van der Waals surface area contributed by atoms with Gasteiger partial charge in [-0.25, -0.2) is 4.68 Å². The van der Waals surface area contributed by atoms with Crippen molar-refractivity contribution < 1.29 is 4.79 Å². The molecule has 0 saturated carbocycles. The lowest BCUT2D eigenvalue weighted by Gasteiger charge is -2.11. The van der Waals surface area contributed by atoms with E-state index in [1.807, 2.05) is 43.3 Å². The highest BCUT2D eigenvalue weighted by molar-refractivity contribution is 8.00. The van der Waals surface area contributed by atoms with E-state index in [1.54, 1.807) is 4.68 Å². The molecule has 0 amide bonds. The lowest BCUT2D eigenvalue weighted by atomic mass is 10.0. The Kier molecular flexibility index (Phi) is 4.84. The van der Waals surface area contributed by atoms with Crippen LogP contribution >= 0.6 is 11.8 Å². The van der Waals surface area contributed by atoms with Crippen molar-refractivity contribution in [1.29, 1.82) is 0 Å². The van der Waals surface area contributed by atoms with Crippen molar-refractivity contribution in [1.82, 2.24) is 20.2 Å². The van der Waals surface area contributed by atoms with Gasteiger partial charge in [-0.15, -0.1) is 5.10 Å². The Morgan fingerprint density at radius 3 is 2.81 bits per heavy atom. The van der Waals surface area contributed by atoms with Gasteiger partial charge in [0.15, 0.2) is 5.78 Å². The van der Waals surface area contributed by atoms with E-state index in [1.165, 1.54) is 29.3 Å². The van der Waals surface area contributed by atoms with Crippen LogP contribution in [0.1, 0.15) is 40.4 Å². The summed E-state index contributed by atoms with van der Waals surface area (Å²) in [5.74, 6) is 0.124. The van der Waals surface area contributed by atoms with Crippen LogP contribution in [0.5, 0.6) is 0 Å². The third kappa shape index (κ3) is 3.55. The summed E-state index contributed by atoms with van der Waals surface area (Å²) in [6.45, 7) is 2.51. The maximum absolute atomic E-state index is 12.8. The molecule has 26 heavy (non-hydrogen) atoms. The first-order valence-electron chi connectivity index (χ1n) is 8.83. The highest BCUT2D eigenvalue weighted by atomic mass is 32.2. The van der Waals surface area contributed by atoms with Gasteiger partial charge >= 0.3 is 0 Å². The Balaban J connectivity index is 1.47. The minimum Gasteiger partial charge on any atom is -0.293 e. The van der Waals surface area contributed by atoms with Gasteiger partial charge in [0.1, 0.15) is 0 Å². The number of aryl methyl sites for hydroxylation is 2. The number of hydrogen-bond donors (Lipinski definition) is 0. The van der Waals surface area contributed by atoms with Gasteiger partial charge in [-0.2, -0.15) is 0 Å². The van der Waals surface area contributed by atoms with E-state index in [4.69, 9.17) is 0 Å². The Morgan fingerprint density at radius 1 is 1.15 bits per heavy atom. The number of tetrazole rings is 1. The Labute approximate surface area is 156 Å². The molecule has 0 radical (unpaired) electrons. The molecule has 1 aromatic heterocycles. The van der Waals surface area contributed by atoms with Crippen molar-refractivity contribution >= 4 is 17.5 Å². The molecule has 0 spiro atoms. The molecule has 6 heteroatoms. The normalized spacial score (nSPS) is 14.2. The third-order valence-corrected chi connectivity index (χ3v) is 5.78. The average Bonchev–Trinajstić information content (AvgIpc) is 3.30. The number of carbonyl (C=O) groups excluding carboxylic acids is 1. The Bertz CT molecular complexity index is 923. The van der Waals surface area contributed by atoms with E-state index in [2.05, 4.69) is 27.7 Å². The van der Waals surface area contributed by atoms with Gasteiger partial charge in [-0.1, -0.05) is 54.2 Å². The molecule has 0 bridgehead atoms. The highest BCUT2D eigenvalue weighted by Crippen LogP contribution is 2.27. The fourth-order valence-corrected chi connectivity index (χ4v) is 4.17. The first kappa shape index (κ1) is 17.0. The fourth-order valence-electron chi connectivity index (χ4n) is 3.31. The molecular weight excluding hydrogens is 344 g/mol. The quantitative estimate of drug-likeness (QED) is 0.494.